The maximum absolute atomic E-state index is 13.6. The zero-order valence-corrected chi connectivity index (χ0v) is 17.6. The molecule has 0 N–H and O–H groups in total. The molecule has 0 spiro atoms. The first-order valence-corrected chi connectivity index (χ1v) is 11.0. The van der Waals surface area contributed by atoms with Crippen LogP contribution in [-0.4, -0.2) is 49.7 Å². The zero-order chi connectivity index (χ0) is 21.2. The van der Waals surface area contributed by atoms with Crippen molar-refractivity contribution < 1.29 is 9.18 Å². The van der Waals surface area contributed by atoms with Crippen molar-refractivity contribution in [1.29, 1.82) is 0 Å². The van der Waals surface area contributed by atoms with Crippen molar-refractivity contribution in [3.8, 4) is 0 Å². The van der Waals surface area contributed by atoms with Gasteiger partial charge in [0, 0.05) is 49.0 Å². The summed E-state index contributed by atoms with van der Waals surface area (Å²) < 4.78 is 13.6. The molecule has 3 aromatic carbocycles. The van der Waals surface area contributed by atoms with E-state index in [4.69, 9.17) is 0 Å². The molecule has 2 aliphatic heterocycles. The average Bonchev–Trinajstić information content (AvgIpc) is 3.17. The first-order valence-electron chi connectivity index (χ1n) is 11.0. The van der Waals surface area contributed by atoms with Crippen molar-refractivity contribution in [3.05, 3.63) is 77.1 Å². The Morgan fingerprint density at radius 1 is 0.935 bits per heavy atom. The number of piperazine rings is 1. The highest BCUT2D eigenvalue weighted by Gasteiger charge is 2.19. The molecule has 0 aliphatic carbocycles. The summed E-state index contributed by atoms with van der Waals surface area (Å²) in [4.78, 5) is 20.6. The van der Waals surface area contributed by atoms with Gasteiger partial charge in [0.05, 0.1) is 5.56 Å². The van der Waals surface area contributed by atoms with Crippen LogP contribution in [0.4, 0.5) is 10.1 Å². The fourth-order valence-corrected chi connectivity index (χ4v) is 4.64. The lowest BCUT2D eigenvalue weighted by molar-refractivity contribution is 0.101. The summed E-state index contributed by atoms with van der Waals surface area (Å²) in [6, 6.07) is 17.3. The van der Waals surface area contributed by atoms with Crippen LogP contribution in [-0.2, 0) is 6.42 Å². The van der Waals surface area contributed by atoms with Crippen LogP contribution in [0.15, 0.2) is 59.6 Å². The van der Waals surface area contributed by atoms with E-state index in [0.29, 0.717) is 0 Å². The Hall–Kier alpha value is -3.05. The monoisotopic (exact) mass is 415 g/mol. The Bertz CT molecular complexity index is 1150. The van der Waals surface area contributed by atoms with Gasteiger partial charge < -0.3 is 4.90 Å². The third-order valence-electron chi connectivity index (χ3n) is 6.39. The fraction of sp³-hybridized carbons (Fsp3) is 0.308. The van der Waals surface area contributed by atoms with Crippen molar-refractivity contribution in [3.63, 3.8) is 0 Å². The number of nitrogens with zero attached hydrogens (tertiary/aromatic N) is 3. The van der Waals surface area contributed by atoms with Gasteiger partial charge in [-0.05, 0) is 67.1 Å². The number of hydrogen-bond acceptors (Lipinski definition) is 3. The average molecular weight is 416 g/mol. The molecule has 0 aromatic heterocycles. The number of fused-ring (bicyclic) bond motifs is 2. The van der Waals surface area contributed by atoms with Crippen LogP contribution in [0.5, 0.6) is 0 Å². The van der Waals surface area contributed by atoms with Gasteiger partial charge in [-0.15, -0.1) is 0 Å². The van der Waals surface area contributed by atoms with Gasteiger partial charge in [-0.25, -0.2) is 9.38 Å². The Morgan fingerprint density at radius 2 is 1.81 bits per heavy atom. The summed E-state index contributed by atoms with van der Waals surface area (Å²) in [6.45, 7) is 5.17. The van der Waals surface area contributed by atoms with Crippen molar-refractivity contribution in [2.24, 2.45) is 4.99 Å². The summed E-state index contributed by atoms with van der Waals surface area (Å²) in [6.07, 6.45) is 4.91. The van der Waals surface area contributed by atoms with E-state index in [0.717, 1.165) is 73.9 Å². The number of benzene rings is 3. The zero-order valence-electron chi connectivity index (χ0n) is 17.6. The lowest BCUT2D eigenvalue weighted by Gasteiger charge is -2.36. The molecule has 0 saturated carbocycles. The van der Waals surface area contributed by atoms with E-state index >= 15 is 0 Å². The highest BCUT2D eigenvalue weighted by atomic mass is 19.1. The molecule has 0 unspecified atom stereocenters. The van der Waals surface area contributed by atoms with Crippen LogP contribution >= 0.6 is 0 Å². The largest absolute Gasteiger partial charge is 0.368 e. The number of carbonyl (C=O) groups excluding carboxylic acids is 1. The number of rotatable bonds is 6. The van der Waals surface area contributed by atoms with Gasteiger partial charge in [-0.1, -0.05) is 24.3 Å². The Kier molecular flexibility index (Phi) is 5.51. The molecule has 0 bridgehead atoms. The van der Waals surface area contributed by atoms with Crippen molar-refractivity contribution >= 4 is 28.6 Å². The Morgan fingerprint density at radius 3 is 2.68 bits per heavy atom. The van der Waals surface area contributed by atoms with Gasteiger partial charge in [0.25, 0.3) is 5.91 Å². The number of halogens is 1. The number of carbonyl (C=O) groups is 1. The maximum Gasteiger partial charge on any atom is 0.277 e. The smallest absolute Gasteiger partial charge is 0.277 e. The number of unbranched alkanes of at least 4 members (excludes halogenated alkanes) is 1. The van der Waals surface area contributed by atoms with Crippen LogP contribution in [0.1, 0.15) is 34.3 Å². The second-order valence-electron chi connectivity index (χ2n) is 8.41. The lowest BCUT2D eigenvalue weighted by atomic mass is 10.0. The minimum Gasteiger partial charge on any atom is -0.368 e. The summed E-state index contributed by atoms with van der Waals surface area (Å²) >= 11 is 0. The third kappa shape index (κ3) is 4.23. The molecule has 0 atom stereocenters. The predicted octanol–water partition coefficient (Wildman–Crippen LogP) is 4.70. The minimum atomic E-state index is -0.186. The van der Waals surface area contributed by atoms with Gasteiger partial charge >= 0.3 is 0 Å². The number of aliphatic imine (C=N–C) groups is 1. The number of aryl methyl sites for hydroxylation is 1. The van der Waals surface area contributed by atoms with E-state index in [9.17, 15) is 9.18 Å². The van der Waals surface area contributed by atoms with Crippen LogP contribution in [0.2, 0.25) is 0 Å². The van der Waals surface area contributed by atoms with E-state index in [2.05, 4.69) is 26.9 Å². The van der Waals surface area contributed by atoms with Gasteiger partial charge in [-0.2, -0.15) is 0 Å². The van der Waals surface area contributed by atoms with E-state index in [-0.39, 0.29) is 11.7 Å². The molecule has 0 radical (unpaired) electrons. The predicted molar refractivity (Wildman–Crippen MR) is 124 cm³/mol. The lowest BCUT2D eigenvalue weighted by Crippen LogP contribution is -2.46. The van der Waals surface area contributed by atoms with E-state index in [1.165, 1.54) is 11.3 Å². The van der Waals surface area contributed by atoms with Crippen LogP contribution in [0.25, 0.3) is 10.8 Å². The molecule has 158 valence electrons. The molecule has 31 heavy (non-hydrogen) atoms. The first kappa shape index (κ1) is 19.9. The second-order valence-corrected chi connectivity index (χ2v) is 8.41. The normalized spacial score (nSPS) is 16.3. The van der Waals surface area contributed by atoms with Crippen molar-refractivity contribution in [1.82, 2.24) is 4.90 Å². The Labute approximate surface area is 182 Å². The van der Waals surface area contributed by atoms with Crippen LogP contribution in [0, 0.1) is 5.82 Å². The van der Waals surface area contributed by atoms with Crippen LogP contribution < -0.4 is 4.90 Å². The summed E-state index contributed by atoms with van der Waals surface area (Å²) in [5.41, 5.74) is 4.09. The molecule has 3 aromatic rings. The molecule has 4 nitrogen and oxygen atoms in total. The van der Waals surface area contributed by atoms with E-state index in [1.807, 2.05) is 30.3 Å². The highest BCUT2D eigenvalue weighted by molar-refractivity contribution is 6.12. The van der Waals surface area contributed by atoms with Crippen LogP contribution in [0.3, 0.4) is 0 Å². The van der Waals surface area contributed by atoms with Gasteiger partial charge in [-0.3, -0.25) is 9.69 Å². The standard InChI is InChI=1S/C26H26FN3O/c27-22-9-10-23-20(17-22)5-3-6-25(23)30-14-12-29(13-15-30)11-2-1-4-19-7-8-21-18-28-26(31)24(21)16-19/h3,5-10,16-18H,1-2,4,11-15H2. The molecular formula is C26H26FN3O. The summed E-state index contributed by atoms with van der Waals surface area (Å²) in [5.74, 6) is -0.305. The quantitative estimate of drug-likeness (QED) is 0.548. The molecule has 1 fully saturated rings. The molecule has 5 rings (SSSR count). The molecule has 5 heteroatoms. The topological polar surface area (TPSA) is 35.9 Å². The highest BCUT2D eigenvalue weighted by Crippen LogP contribution is 2.28. The minimum absolute atomic E-state index is 0.119. The number of anilines is 1. The summed E-state index contributed by atoms with van der Waals surface area (Å²) in [5, 5.41) is 2.08. The molecular weight excluding hydrogens is 389 g/mol. The maximum atomic E-state index is 13.6. The SMILES string of the molecule is O=C1N=Cc2ccc(CCCCN3CCN(c4cccc5cc(F)ccc45)CC3)cc21. The molecule has 1 saturated heterocycles. The number of hydrogen-bond donors (Lipinski definition) is 0. The van der Waals surface area contributed by atoms with Crippen molar-refractivity contribution in [2.45, 2.75) is 19.3 Å². The van der Waals surface area contributed by atoms with E-state index in [1.54, 1.807) is 18.3 Å². The molecule has 1 amide bonds. The fourth-order valence-electron chi connectivity index (χ4n) is 4.64. The molecule has 2 heterocycles. The van der Waals surface area contributed by atoms with E-state index < -0.39 is 0 Å². The van der Waals surface area contributed by atoms with Gasteiger partial charge in [0.15, 0.2) is 0 Å². The van der Waals surface area contributed by atoms with Crippen molar-refractivity contribution in [2.75, 3.05) is 37.6 Å². The molecule has 2 aliphatic rings. The first-order chi connectivity index (χ1) is 15.2. The third-order valence-corrected chi connectivity index (χ3v) is 6.39. The second kappa shape index (κ2) is 8.60. The Balaban J connectivity index is 1.10. The van der Waals surface area contributed by atoms with Gasteiger partial charge in [0.1, 0.15) is 5.82 Å². The number of amides is 1. The summed E-state index contributed by atoms with van der Waals surface area (Å²) in [7, 11) is 0. The van der Waals surface area contributed by atoms with Gasteiger partial charge in [0.2, 0.25) is 0 Å².